The number of aliphatic hydroxyl groups excluding tert-OH is 2. The second kappa shape index (κ2) is 4.66. The Balaban J connectivity index is 1.81. The molecule has 128 valence electrons. The monoisotopic (exact) mass is 322 g/mol. The molecule has 0 spiro atoms. The Labute approximate surface area is 137 Å². The third-order valence-electron chi connectivity index (χ3n) is 7.99. The summed E-state index contributed by atoms with van der Waals surface area (Å²) < 4.78 is 16.5. The first kappa shape index (κ1) is 15.8. The SMILES string of the molecule is C[C@]12CCC(=O)C=C1CC[C@H]1[C@@H]3CCC(O)[C@@]3(C)CC(O)[C@]12F. The molecule has 4 rings (SSSR count). The molecule has 7 atom stereocenters. The minimum Gasteiger partial charge on any atom is -0.393 e. The molecule has 3 nitrogen and oxygen atoms in total. The number of alkyl halides is 1. The van der Waals surface area contributed by atoms with E-state index in [1.165, 1.54) is 0 Å². The van der Waals surface area contributed by atoms with Crippen LogP contribution in [0.25, 0.3) is 0 Å². The third-order valence-corrected chi connectivity index (χ3v) is 7.99. The summed E-state index contributed by atoms with van der Waals surface area (Å²) in [6.45, 7) is 3.94. The lowest BCUT2D eigenvalue weighted by molar-refractivity contribution is -0.213. The first-order valence-electron chi connectivity index (χ1n) is 9.02. The van der Waals surface area contributed by atoms with E-state index in [1.54, 1.807) is 6.08 Å². The Bertz CT molecular complexity index is 587. The Hall–Kier alpha value is -0.740. The zero-order chi connectivity index (χ0) is 16.6. The van der Waals surface area contributed by atoms with Crippen LogP contribution in [0.5, 0.6) is 0 Å². The predicted molar refractivity (Wildman–Crippen MR) is 84.5 cm³/mol. The van der Waals surface area contributed by atoms with Crippen LogP contribution in [-0.2, 0) is 4.79 Å². The molecule has 3 saturated carbocycles. The van der Waals surface area contributed by atoms with Gasteiger partial charge >= 0.3 is 0 Å². The van der Waals surface area contributed by atoms with Crippen molar-refractivity contribution in [2.75, 3.05) is 0 Å². The van der Waals surface area contributed by atoms with E-state index in [-0.39, 0.29) is 23.0 Å². The molecule has 3 fully saturated rings. The van der Waals surface area contributed by atoms with Crippen molar-refractivity contribution < 1.29 is 19.4 Å². The van der Waals surface area contributed by atoms with Crippen molar-refractivity contribution in [2.45, 2.75) is 76.7 Å². The van der Waals surface area contributed by atoms with Crippen LogP contribution in [0.4, 0.5) is 4.39 Å². The largest absolute Gasteiger partial charge is 0.393 e. The molecule has 0 aliphatic heterocycles. The van der Waals surface area contributed by atoms with Crippen molar-refractivity contribution in [3.63, 3.8) is 0 Å². The van der Waals surface area contributed by atoms with Gasteiger partial charge in [0.15, 0.2) is 5.78 Å². The number of aliphatic hydroxyl groups is 2. The summed E-state index contributed by atoms with van der Waals surface area (Å²) in [5.74, 6) is -0.00314. The van der Waals surface area contributed by atoms with E-state index < -0.39 is 23.3 Å². The lowest BCUT2D eigenvalue weighted by Gasteiger charge is -2.62. The maximum absolute atomic E-state index is 16.5. The molecule has 4 heteroatoms. The number of allylic oxidation sites excluding steroid dienone is 1. The van der Waals surface area contributed by atoms with Crippen molar-refractivity contribution in [1.82, 2.24) is 0 Å². The van der Waals surface area contributed by atoms with Crippen molar-refractivity contribution in [3.05, 3.63) is 11.6 Å². The average molecular weight is 322 g/mol. The zero-order valence-corrected chi connectivity index (χ0v) is 14.0. The standard InChI is InChI=1S/C19H27FO3/c1-17-10-16(23)19(20)14(13(17)5-6-15(17)22)4-3-11-9-12(21)7-8-18(11,19)2/h9,13-16,22-23H,3-8,10H2,1-2H3/t13-,14-,15?,16?,17-,18-,19+/m0/s1. The molecule has 0 bridgehead atoms. The van der Waals surface area contributed by atoms with Crippen molar-refractivity contribution in [2.24, 2.45) is 22.7 Å². The van der Waals surface area contributed by atoms with E-state index in [0.29, 0.717) is 32.1 Å². The summed E-state index contributed by atoms with van der Waals surface area (Å²) in [6, 6.07) is 0. The zero-order valence-electron chi connectivity index (χ0n) is 14.0. The fourth-order valence-corrected chi connectivity index (χ4v) is 6.54. The lowest BCUT2D eigenvalue weighted by Crippen LogP contribution is -2.67. The molecule has 0 radical (unpaired) electrons. The van der Waals surface area contributed by atoms with Crippen LogP contribution in [0, 0.1) is 22.7 Å². The van der Waals surface area contributed by atoms with Crippen LogP contribution < -0.4 is 0 Å². The summed E-state index contributed by atoms with van der Waals surface area (Å²) in [5.41, 5.74) is -1.89. The highest BCUT2D eigenvalue weighted by molar-refractivity contribution is 5.91. The normalized spacial score (nSPS) is 55.7. The van der Waals surface area contributed by atoms with Gasteiger partial charge in [-0.3, -0.25) is 4.79 Å². The number of carbonyl (C=O) groups is 1. The third kappa shape index (κ3) is 1.74. The van der Waals surface area contributed by atoms with E-state index in [1.807, 2.05) is 13.8 Å². The number of carbonyl (C=O) groups excluding carboxylic acids is 1. The first-order chi connectivity index (χ1) is 10.7. The summed E-state index contributed by atoms with van der Waals surface area (Å²) >= 11 is 0. The van der Waals surface area contributed by atoms with Gasteiger partial charge in [-0.05, 0) is 55.9 Å². The van der Waals surface area contributed by atoms with Crippen LogP contribution in [0.15, 0.2) is 11.6 Å². The Morgan fingerprint density at radius 3 is 2.57 bits per heavy atom. The Morgan fingerprint density at radius 2 is 1.83 bits per heavy atom. The van der Waals surface area contributed by atoms with Crippen molar-refractivity contribution in [1.29, 1.82) is 0 Å². The van der Waals surface area contributed by atoms with Crippen LogP contribution in [-0.4, -0.2) is 33.9 Å². The highest BCUT2D eigenvalue weighted by Crippen LogP contribution is 2.68. The van der Waals surface area contributed by atoms with Crippen molar-refractivity contribution in [3.8, 4) is 0 Å². The summed E-state index contributed by atoms with van der Waals surface area (Å²) in [5, 5.41) is 21.3. The van der Waals surface area contributed by atoms with Gasteiger partial charge in [0.25, 0.3) is 0 Å². The Kier molecular flexibility index (Phi) is 3.20. The fraction of sp³-hybridized carbons (Fsp3) is 0.842. The van der Waals surface area contributed by atoms with Crippen LogP contribution >= 0.6 is 0 Å². The highest BCUT2D eigenvalue weighted by Gasteiger charge is 2.70. The molecular weight excluding hydrogens is 295 g/mol. The smallest absolute Gasteiger partial charge is 0.155 e. The summed E-state index contributed by atoms with van der Waals surface area (Å²) in [4.78, 5) is 11.8. The molecule has 4 aliphatic rings. The molecule has 0 saturated heterocycles. The van der Waals surface area contributed by atoms with E-state index in [2.05, 4.69) is 0 Å². The number of hydrogen-bond donors (Lipinski definition) is 2. The summed E-state index contributed by atoms with van der Waals surface area (Å²) in [7, 11) is 0. The molecule has 23 heavy (non-hydrogen) atoms. The van der Waals surface area contributed by atoms with Gasteiger partial charge in [0, 0.05) is 17.8 Å². The minimum absolute atomic E-state index is 0.0888. The van der Waals surface area contributed by atoms with E-state index in [9.17, 15) is 15.0 Å². The average Bonchev–Trinajstić information content (AvgIpc) is 2.77. The van der Waals surface area contributed by atoms with Gasteiger partial charge in [-0.25, -0.2) is 4.39 Å². The van der Waals surface area contributed by atoms with Gasteiger partial charge in [-0.2, -0.15) is 0 Å². The molecule has 2 N–H and O–H groups in total. The summed E-state index contributed by atoms with van der Waals surface area (Å²) in [6.07, 6.45) is 4.29. The molecule has 0 aromatic heterocycles. The first-order valence-corrected chi connectivity index (χ1v) is 9.02. The van der Waals surface area contributed by atoms with Crippen LogP contribution in [0.3, 0.4) is 0 Å². The maximum Gasteiger partial charge on any atom is 0.155 e. The van der Waals surface area contributed by atoms with Gasteiger partial charge in [0.2, 0.25) is 0 Å². The van der Waals surface area contributed by atoms with Gasteiger partial charge < -0.3 is 10.2 Å². The molecule has 0 aromatic rings. The number of hydrogen-bond acceptors (Lipinski definition) is 3. The molecule has 2 unspecified atom stereocenters. The molecule has 0 amide bonds. The number of ketones is 1. The number of halogens is 1. The van der Waals surface area contributed by atoms with Crippen molar-refractivity contribution >= 4 is 5.78 Å². The minimum atomic E-state index is -1.67. The second-order valence-corrected chi connectivity index (χ2v) is 8.81. The van der Waals surface area contributed by atoms with Crippen LogP contribution in [0.1, 0.15) is 58.8 Å². The van der Waals surface area contributed by atoms with E-state index in [0.717, 1.165) is 18.4 Å². The Morgan fingerprint density at radius 1 is 1.09 bits per heavy atom. The fourth-order valence-electron chi connectivity index (χ4n) is 6.54. The number of rotatable bonds is 0. The highest BCUT2D eigenvalue weighted by atomic mass is 19.1. The number of fused-ring (bicyclic) bond motifs is 5. The molecular formula is C19H27FO3. The van der Waals surface area contributed by atoms with E-state index in [4.69, 9.17) is 0 Å². The van der Waals surface area contributed by atoms with E-state index >= 15 is 4.39 Å². The molecule has 4 aliphatic carbocycles. The van der Waals surface area contributed by atoms with Gasteiger partial charge in [-0.15, -0.1) is 0 Å². The maximum atomic E-state index is 16.5. The van der Waals surface area contributed by atoms with Crippen LogP contribution in [0.2, 0.25) is 0 Å². The second-order valence-electron chi connectivity index (χ2n) is 8.81. The lowest BCUT2D eigenvalue weighted by atomic mass is 9.45. The van der Waals surface area contributed by atoms with Gasteiger partial charge in [0.05, 0.1) is 12.2 Å². The quantitative estimate of drug-likeness (QED) is 0.721. The predicted octanol–water partition coefficient (Wildman–Crippen LogP) is 2.94. The molecule has 0 aromatic carbocycles. The van der Waals surface area contributed by atoms with Gasteiger partial charge in [0.1, 0.15) is 5.67 Å². The topological polar surface area (TPSA) is 57.5 Å². The molecule has 0 heterocycles. The van der Waals surface area contributed by atoms with Gasteiger partial charge in [-0.1, -0.05) is 19.4 Å².